The number of halogens is 1. The molecule has 0 saturated carbocycles. The number of urea groups is 1. The van der Waals surface area contributed by atoms with Gasteiger partial charge in [-0.2, -0.15) is 0 Å². The maximum absolute atomic E-state index is 13.1. The largest absolute Gasteiger partial charge is 0.397 e. The van der Waals surface area contributed by atoms with Crippen LogP contribution >= 0.6 is 0 Å². The number of fused-ring (bicyclic) bond motifs is 1. The van der Waals surface area contributed by atoms with Crippen LogP contribution in [0.3, 0.4) is 0 Å². The Labute approximate surface area is 116 Å². The quantitative estimate of drug-likeness (QED) is 0.783. The molecule has 3 rings (SSSR count). The molecule has 0 unspecified atom stereocenters. The minimum absolute atomic E-state index is 0.299. The van der Waals surface area contributed by atoms with Gasteiger partial charge in [-0.15, -0.1) is 0 Å². The van der Waals surface area contributed by atoms with E-state index >= 15 is 0 Å². The molecule has 0 atom stereocenters. The number of anilines is 3. The molecule has 0 bridgehead atoms. The summed E-state index contributed by atoms with van der Waals surface area (Å²) < 4.78 is 13.1. The highest BCUT2D eigenvalue weighted by atomic mass is 19.1. The highest BCUT2D eigenvalue weighted by molar-refractivity contribution is 6.05. The normalized spacial score (nSPS) is 13.2. The van der Waals surface area contributed by atoms with Gasteiger partial charge in [-0.05, 0) is 36.2 Å². The lowest BCUT2D eigenvalue weighted by atomic mass is 10.1. The lowest BCUT2D eigenvalue weighted by Gasteiger charge is -2.19. The lowest BCUT2D eigenvalue weighted by molar-refractivity contribution is 0.257. The third-order valence-electron chi connectivity index (χ3n) is 3.35. The zero-order chi connectivity index (χ0) is 14.1. The van der Waals surface area contributed by atoms with Crippen molar-refractivity contribution in [3.63, 3.8) is 0 Å². The second-order valence-electron chi connectivity index (χ2n) is 4.70. The minimum Gasteiger partial charge on any atom is -0.397 e. The van der Waals surface area contributed by atoms with Crippen molar-refractivity contribution in [2.24, 2.45) is 0 Å². The predicted octanol–water partition coefficient (Wildman–Crippen LogP) is 3.00. The fourth-order valence-electron chi connectivity index (χ4n) is 2.45. The number of carbonyl (C=O) groups excluding carboxylic acids is 1. The Kier molecular flexibility index (Phi) is 3.02. The Hall–Kier alpha value is -2.56. The van der Waals surface area contributed by atoms with Gasteiger partial charge in [0.15, 0.2) is 0 Å². The van der Waals surface area contributed by atoms with Crippen molar-refractivity contribution in [2.75, 3.05) is 22.5 Å². The van der Waals surface area contributed by atoms with Crippen molar-refractivity contribution in [3.8, 4) is 0 Å². The number of nitrogens with one attached hydrogen (secondary N) is 1. The number of nitrogens with two attached hydrogens (primary N) is 1. The maximum Gasteiger partial charge on any atom is 0.326 e. The number of hydrogen-bond acceptors (Lipinski definition) is 2. The summed E-state index contributed by atoms with van der Waals surface area (Å²) in [7, 11) is 0. The average molecular weight is 271 g/mol. The number of hydrogen-bond donors (Lipinski definition) is 2. The molecule has 5 heteroatoms. The summed E-state index contributed by atoms with van der Waals surface area (Å²) in [6.07, 6.45) is 0.775. The summed E-state index contributed by atoms with van der Waals surface area (Å²) in [4.78, 5) is 13.9. The molecule has 2 aromatic rings. The molecule has 1 heterocycles. The first-order valence-electron chi connectivity index (χ1n) is 6.36. The summed E-state index contributed by atoms with van der Waals surface area (Å²) in [5.41, 5.74) is 8.75. The van der Waals surface area contributed by atoms with E-state index in [9.17, 15) is 9.18 Å². The maximum atomic E-state index is 13.1. The van der Waals surface area contributed by atoms with Gasteiger partial charge in [-0.1, -0.05) is 18.2 Å². The van der Waals surface area contributed by atoms with Gasteiger partial charge in [-0.3, -0.25) is 4.90 Å². The lowest BCUT2D eigenvalue weighted by Crippen LogP contribution is -2.33. The zero-order valence-electron chi connectivity index (χ0n) is 10.8. The fraction of sp³-hybridized carbons (Fsp3) is 0.133. The molecule has 102 valence electrons. The van der Waals surface area contributed by atoms with Gasteiger partial charge in [0.25, 0.3) is 0 Å². The zero-order valence-corrected chi connectivity index (χ0v) is 10.8. The second kappa shape index (κ2) is 4.85. The van der Waals surface area contributed by atoms with Gasteiger partial charge >= 0.3 is 6.03 Å². The smallest absolute Gasteiger partial charge is 0.326 e. The van der Waals surface area contributed by atoms with Crippen molar-refractivity contribution in [3.05, 3.63) is 53.8 Å². The van der Waals surface area contributed by atoms with Crippen LogP contribution in [0.1, 0.15) is 5.56 Å². The van der Waals surface area contributed by atoms with Crippen molar-refractivity contribution in [2.45, 2.75) is 6.42 Å². The monoisotopic (exact) mass is 271 g/mol. The van der Waals surface area contributed by atoms with E-state index in [4.69, 9.17) is 5.73 Å². The van der Waals surface area contributed by atoms with E-state index in [2.05, 4.69) is 5.32 Å². The van der Waals surface area contributed by atoms with Gasteiger partial charge in [-0.25, -0.2) is 9.18 Å². The van der Waals surface area contributed by atoms with Gasteiger partial charge in [0.05, 0.1) is 11.4 Å². The van der Waals surface area contributed by atoms with Crippen molar-refractivity contribution < 1.29 is 9.18 Å². The second-order valence-corrected chi connectivity index (χ2v) is 4.70. The number of carbonyl (C=O) groups is 1. The number of benzene rings is 2. The van der Waals surface area contributed by atoms with E-state index in [1.54, 1.807) is 23.1 Å². The summed E-state index contributed by atoms with van der Waals surface area (Å²) in [6.45, 7) is 0.574. The highest BCUT2D eigenvalue weighted by Gasteiger charge is 2.26. The summed E-state index contributed by atoms with van der Waals surface area (Å²) in [6, 6.07) is 11.1. The molecule has 0 fully saturated rings. The fourth-order valence-corrected chi connectivity index (χ4v) is 2.45. The van der Waals surface area contributed by atoms with Crippen LogP contribution in [0.4, 0.5) is 26.2 Å². The third-order valence-corrected chi connectivity index (χ3v) is 3.35. The number of nitrogen functional groups attached to an aromatic ring is 1. The van der Waals surface area contributed by atoms with E-state index in [0.29, 0.717) is 17.9 Å². The number of amides is 2. The molecule has 20 heavy (non-hydrogen) atoms. The van der Waals surface area contributed by atoms with E-state index < -0.39 is 0 Å². The van der Waals surface area contributed by atoms with E-state index in [0.717, 1.165) is 17.7 Å². The molecular weight excluding hydrogens is 257 g/mol. The van der Waals surface area contributed by atoms with Crippen LogP contribution in [0.5, 0.6) is 0 Å². The van der Waals surface area contributed by atoms with Crippen LogP contribution < -0.4 is 16.0 Å². The molecule has 1 aliphatic heterocycles. The number of rotatable bonds is 1. The Morgan fingerprint density at radius 2 is 2.05 bits per heavy atom. The van der Waals surface area contributed by atoms with Crippen molar-refractivity contribution in [1.82, 2.24) is 0 Å². The molecule has 1 aliphatic rings. The molecule has 0 spiro atoms. The number of para-hydroxylation sites is 1. The van der Waals surface area contributed by atoms with Crippen LogP contribution in [0.2, 0.25) is 0 Å². The molecule has 0 radical (unpaired) electrons. The SMILES string of the molecule is Nc1cccc2c1N(C(=O)Nc1cccc(F)c1)CC2. The molecule has 2 aromatic carbocycles. The molecule has 0 aliphatic carbocycles. The molecule has 4 nitrogen and oxygen atoms in total. The minimum atomic E-state index is -0.385. The summed E-state index contributed by atoms with van der Waals surface area (Å²) in [5.74, 6) is -0.385. The van der Waals surface area contributed by atoms with Crippen LogP contribution in [0, 0.1) is 5.82 Å². The van der Waals surface area contributed by atoms with Gasteiger partial charge in [0.2, 0.25) is 0 Å². The van der Waals surface area contributed by atoms with E-state index in [1.807, 2.05) is 12.1 Å². The van der Waals surface area contributed by atoms with Crippen molar-refractivity contribution >= 4 is 23.1 Å². The number of nitrogens with zero attached hydrogens (tertiary/aromatic N) is 1. The Balaban J connectivity index is 1.84. The van der Waals surface area contributed by atoms with Gasteiger partial charge < -0.3 is 11.1 Å². The van der Waals surface area contributed by atoms with Gasteiger partial charge in [0, 0.05) is 12.2 Å². The summed E-state index contributed by atoms with van der Waals surface area (Å²) in [5, 5.41) is 2.68. The van der Waals surface area contributed by atoms with Crippen LogP contribution in [0.15, 0.2) is 42.5 Å². The van der Waals surface area contributed by atoms with E-state index in [1.165, 1.54) is 12.1 Å². The Morgan fingerprint density at radius 3 is 2.85 bits per heavy atom. The first-order chi connectivity index (χ1) is 9.65. The van der Waals surface area contributed by atoms with Crippen LogP contribution in [-0.2, 0) is 6.42 Å². The molecule has 2 amide bonds. The average Bonchev–Trinajstić information content (AvgIpc) is 2.84. The standard InChI is InChI=1S/C15H14FN3O/c16-11-4-2-5-12(9-11)18-15(20)19-8-7-10-3-1-6-13(17)14(10)19/h1-6,9H,7-8,17H2,(H,18,20). The summed E-state index contributed by atoms with van der Waals surface area (Å²) >= 11 is 0. The molecular formula is C15H14FN3O. The van der Waals surface area contributed by atoms with Gasteiger partial charge in [0.1, 0.15) is 5.82 Å². The van der Waals surface area contributed by atoms with E-state index in [-0.39, 0.29) is 11.8 Å². The van der Waals surface area contributed by atoms with Crippen LogP contribution in [-0.4, -0.2) is 12.6 Å². The predicted molar refractivity (Wildman–Crippen MR) is 77.3 cm³/mol. The Morgan fingerprint density at radius 1 is 1.25 bits per heavy atom. The molecule has 3 N–H and O–H groups in total. The molecule has 0 aromatic heterocycles. The topological polar surface area (TPSA) is 58.4 Å². The first kappa shape index (κ1) is 12.5. The first-order valence-corrected chi connectivity index (χ1v) is 6.36. The van der Waals surface area contributed by atoms with Crippen molar-refractivity contribution in [1.29, 1.82) is 0 Å². The molecule has 0 saturated heterocycles. The Bertz CT molecular complexity index is 672. The van der Waals surface area contributed by atoms with Crippen LogP contribution in [0.25, 0.3) is 0 Å². The highest BCUT2D eigenvalue weighted by Crippen LogP contribution is 2.33. The third kappa shape index (κ3) is 2.18.